The highest BCUT2D eigenvalue weighted by Crippen LogP contribution is 2.27. The second kappa shape index (κ2) is 11.7. The van der Waals surface area contributed by atoms with Gasteiger partial charge in [0.25, 0.3) is 0 Å². The fraction of sp³-hybridized carbons (Fsp3) is 0.273. The van der Waals surface area contributed by atoms with Gasteiger partial charge in [0.05, 0.1) is 0 Å². The molecule has 1 heterocycles. The van der Waals surface area contributed by atoms with E-state index in [9.17, 15) is 0 Å². The van der Waals surface area contributed by atoms with Crippen LogP contribution in [0.2, 0.25) is 0 Å². The molecule has 0 nitrogen and oxygen atoms in total. The molecule has 1 aliphatic rings. The molecular weight excluding hydrogens is 196 g/mol. The molecule has 0 saturated heterocycles. The maximum absolute atomic E-state index is 3.58. The monoisotopic (exact) mass is 212 g/mol. The summed E-state index contributed by atoms with van der Waals surface area (Å²) in [6, 6.07) is 0. The molecule has 0 amide bonds. The highest BCUT2D eigenvalue weighted by Gasteiger charge is 1.85. The summed E-state index contributed by atoms with van der Waals surface area (Å²) in [5.74, 6) is 1.20. The average Bonchev–Trinajstić information content (AvgIpc) is 2.70. The summed E-state index contributed by atoms with van der Waals surface area (Å²) in [5.41, 5.74) is 0. The van der Waals surface area contributed by atoms with Gasteiger partial charge in [-0.05, 0) is 18.2 Å². The molecule has 0 unspecified atom stereocenters. The maximum atomic E-state index is 3.58. The van der Waals surface area contributed by atoms with Gasteiger partial charge in [0.15, 0.2) is 0 Å². The van der Waals surface area contributed by atoms with Gasteiger partial charge in [0.2, 0.25) is 0 Å². The molecule has 0 aromatic carbocycles. The third-order valence-electron chi connectivity index (χ3n) is 1.16. The first-order chi connectivity index (χ1) is 6.41. The Balaban J connectivity index is 0.000000243. The van der Waals surface area contributed by atoms with Gasteiger partial charge in [0.1, 0.15) is 0 Å². The van der Waals surface area contributed by atoms with Crippen molar-refractivity contribution in [3.8, 4) is 0 Å². The summed E-state index contributed by atoms with van der Waals surface area (Å²) in [5, 5.41) is 2.12. The van der Waals surface area contributed by atoms with E-state index in [-0.39, 0.29) is 0 Å². The first-order valence-corrected chi connectivity index (χ1v) is 6.60. The summed E-state index contributed by atoms with van der Waals surface area (Å²) in [6.45, 7) is 7.16. The van der Waals surface area contributed by atoms with Crippen LogP contribution in [0.1, 0.15) is 12.8 Å². The zero-order chi connectivity index (χ0) is 9.78. The summed E-state index contributed by atoms with van der Waals surface area (Å²) in [4.78, 5) is 0. The molecule has 0 aliphatic carbocycles. The van der Waals surface area contributed by atoms with Crippen LogP contribution in [-0.2, 0) is 0 Å². The first kappa shape index (κ1) is 12.7. The van der Waals surface area contributed by atoms with E-state index in [4.69, 9.17) is 0 Å². The van der Waals surface area contributed by atoms with Crippen LogP contribution in [0.25, 0.3) is 0 Å². The smallest absolute Gasteiger partial charge is 0.0229 e. The molecule has 0 radical (unpaired) electrons. The summed E-state index contributed by atoms with van der Waals surface area (Å²) < 4.78 is 0. The van der Waals surface area contributed by atoms with Crippen molar-refractivity contribution in [2.75, 3.05) is 5.75 Å². The molecule has 1 aliphatic heterocycles. The van der Waals surface area contributed by atoms with Crippen molar-refractivity contribution < 1.29 is 0 Å². The van der Waals surface area contributed by atoms with Crippen molar-refractivity contribution in [1.82, 2.24) is 0 Å². The Hall–Kier alpha value is -0.340. The fourth-order valence-corrected chi connectivity index (χ4v) is 2.15. The van der Waals surface area contributed by atoms with E-state index in [1.54, 1.807) is 0 Å². The molecule has 0 aromatic heterocycles. The van der Waals surface area contributed by atoms with Crippen molar-refractivity contribution in [1.29, 1.82) is 0 Å². The fourth-order valence-electron chi connectivity index (χ4n) is 0.581. The van der Waals surface area contributed by atoms with Crippen molar-refractivity contribution in [3.05, 3.63) is 48.9 Å². The predicted molar refractivity (Wildman–Crippen MR) is 68.0 cm³/mol. The molecule has 0 spiro atoms. The van der Waals surface area contributed by atoms with Gasteiger partial charge >= 0.3 is 0 Å². The number of allylic oxidation sites excluding steroid dienone is 4. The van der Waals surface area contributed by atoms with Crippen LogP contribution in [-0.4, -0.2) is 5.75 Å². The minimum Gasteiger partial charge on any atom is -0.103 e. The van der Waals surface area contributed by atoms with Gasteiger partial charge in [-0.1, -0.05) is 52.0 Å². The zero-order valence-electron chi connectivity index (χ0n) is 7.82. The van der Waals surface area contributed by atoms with Crippen LogP contribution in [0.3, 0.4) is 0 Å². The SMILES string of the molecule is C1=CSSC1.C=CC/C=C/CC=C. The Morgan fingerprint density at radius 1 is 1.15 bits per heavy atom. The van der Waals surface area contributed by atoms with Crippen molar-refractivity contribution in [2.45, 2.75) is 12.8 Å². The standard InChI is InChI=1S/C8H12.C3H4S2/c1-3-5-7-8-6-4-2;1-2-4-5-3-1/h3-4,7-8H,1-2,5-6H2;1-2H,3H2/b8-7+;. The van der Waals surface area contributed by atoms with Crippen molar-refractivity contribution in [2.24, 2.45) is 0 Å². The number of rotatable bonds is 4. The van der Waals surface area contributed by atoms with E-state index in [0.717, 1.165) is 12.8 Å². The van der Waals surface area contributed by atoms with E-state index >= 15 is 0 Å². The Labute approximate surface area is 89.3 Å². The van der Waals surface area contributed by atoms with Crippen LogP contribution < -0.4 is 0 Å². The van der Waals surface area contributed by atoms with Crippen LogP contribution in [0.15, 0.2) is 48.9 Å². The molecule has 0 bridgehead atoms. The molecule has 1 rings (SSSR count). The molecule has 0 fully saturated rings. The van der Waals surface area contributed by atoms with E-state index < -0.39 is 0 Å². The summed E-state index contributed by atoms with van der Waals surface area (Å²) in [7, 11) is 3.69. The quantitative estimate of drug-likeness (QED) is 0.494. The van der Waals surface area contributed by atoms with Crippen LogP contribution in [0.5, 0.6) is 0 Å². The molecule has 2 heteroatoms. The predicted octanol–water partition coefficient (Wildman–Crippen LogP) is 4.59. The third-order valence-corrected chi connectivity index (χ3v) is 3.07. The highest BCUT2D eigenvalue weighted by atomic mass is 33.1. The van der Waals surface area contributed by atoms with Gasteiger partial charge < -0.3 is 0 Å². The van der Waals surface area contributed by atoms with Gasteiger partial charge in [0, 0.05) is 5.75 Å². The Bertz CT molecular complexity index is 163. The molecule has 0 atom stereocenters. The zero-order valence-corrected chi connectivity index (χ0v) is 9.45. The van der Waals surface area contributed by atoms with E-state index in [1.165, 1.54) is 5.75 Å². The van der Waals surface area contributed by atoms with Gasteiger partial charge in [-0.3, -0.25) is 0 Å². The summed E-state index contributed by atoms with van der Waals surface area (Å²) in [6.07, 6.45) is 12.0. The molecule has 0 N–H and O–H groups in total. The summed E-state index contributed by atoms with van der Waals surface area (Å²) >= 11 is 0. The highest BCUT2D eigenvalue weighted by molar-refractivity contribution is 8.78. The normalized spacial score (nSPS) is 13.8. The molecule has 0 saturated carbocycles. The molecule has 72 valence electrons. The van der Waals surface area contributed by atoms with Crippen LogP contribution in [0, 0.1) is 0 Å². The average molecular weight is 212 g/mol. The van der Waals surface area contributed by atoms with Crippen molar-refractivity contribution in [3.63, 3.8) is 0 Å². The topological polar surface area (TPSA) is 0 Å². The second-order valence-corrected chi connectivity index (χ2v) is 4.59. The minimum atomic E-state index is 0.966. The first-order valence-electron chi connectivity index (χ1n) is 4.22. The maximum Gasteiger partial charge on any atom is 0.0229 e. The number of hydrogen-bond acceptors (Lipinski definition) is 2. The van der Waals surface area contributed by atoms with Gasteiger partial charge in [-0.15, -0.1) is 13.2 Å². The third kappa shape index (κ3) is 11.7. The molecular formula is C11H16S2. The second-order valence-electron chi connectivity index (χ2n) is 2.27. The van der Waals surface area contributed by atoms with Crippen LogP contribution in [0.4, 0.5) is 0 Å². The largest absolute Gasteiger partial charge is 0.103 e. The lowest BCUT2D eigenvalue weighted by atomic mass is 10.3. The van der Waals surface area contributed by atoms with E-state index in [1.807, 2.05) is 33.7 Å². The van der Waals surface area contributed by atoms with Crippen LogP contribution >= 0.6 is 21.6 Å². The lowest BCUT2D eigenvalue weighted by Crippen LogP contribution is -1.56. The Kier molecular flexibility index (Phi) is 11.4. The number of hydrogen-bond donors (Lipinski definition) is 0. The van der Waals surface area contributed by atoms with E-state index in [0.29, 0.717) is 0 Å². The Morgan fingerprint density at radius 3 is 2.00 bits per heavy atom. The van der Waals surface area contributed by atoms with Crippen molar-refractivity contribution >= 4 is 21.6 Å². The van der Waals surface area contributed by atoms with Gasteiger partial charge in [-0.25, -0.2) is 0 Å². The lowest BCUT2D eigenvalue weighted by Gasteiger charge is -1.77. The van der Waals surface area contributed by atoms with Gasteiger partial charge in [-0.2, -0.15) is 0 Å². The van der Waals surface area contributed by atoms with E-state index in [2.05, 4.69) is 36.8 Å². The molecule has 0 aromatic rings. The lowest BCUT2D eigenvalue weighted by molar-refractivity contribution is 1.32. The molecule has 13 heavy (non-hydrogen) atoms. The Morgan fingerprint density at radius 2 is 1.77 bits per heavy atom. The minimum absolute atomic E-state index is 0.966.